The van der Waals surface area contributed by atoms with Crippen molar-refractivity contribution in [3.8, 4) is 10.4 Å². The van der Waals surface area contributed by atoms with Crippen LogP contribution in [-0.4, -0.2) is 11.6 Å². The van der Waals surface area contributed by atoms with Crippen LogP contribution in [0.2, 0.25) is 0 Å². The lowest BCUT2D eigenvalue weighted by Crippen LogP contribution is -2.17. The molecule has 0 fully saturated rings. The normalized spacial score (nSPS) is 11.5. The summed E-state index contributed by atoms with van der Waals surface area (Å²) in [7, 11) is 0. The van der Waals surface area contributed by atoms with Gasteiger partial charge in [-0.05, 0) is 43.2 Å². The summed E-state index contributed by atoms with van der Waals surface area (Å²) in [6.07, 6.45) is 1.87. The Bertz CT molecular complexity index is 647. The van der Waals surface area contributed by atoms with Crippen LogP contribution in [0.1, 0.15) is 36.4 Å². The van der Waals surface area contributed by atoms with Gasteiger partial charge >= 0.3 is 0 Å². The number of amides is 1. The standard InChI is InChI=1S/C16H17FN2OS/c1-3-4-11(2)18-19-16(20)15-10-9-14(21-15)12-5-7-13(17)8-6-12/h5-10H,3-4H2,1-2H3,(H,19,20)/b18-11-. The molecule has 2 rings (SSSR count). The zero-order valence-corrected chi connectivity index (χ0v) is 12.8. The lowest BCUT2D eigenvalue weighted by atomic mass is 10.2. The molecule has 0 unspecified atom stereocenters. The molecule has 110 valence electrons. The summed E-state index contributed by atoms with van der Waals surface area (Å²) in [6.45, 7) is 3.96. The van der Waals surface area contributed by atoms with E-state index >= 15 is 0 Å². The highest BCUT2D eigenvalue weighted by molar-refractivity contribution is 7.17. The molecule has 0 spiro atoms. The fraction of sp³-hybridized carbons (Fsp3) is 0.250. The molecule has 0 bridgehead atoms. The quantitative estimate of drug-likeness (QED) is 0.643. The molecule has 5 heteroatoms. The first-order chi connectivity index (χ1) is 10.1. The highest BCUT2D eigenvalue weighted by atomic mass is 32.1. The third-order valence-electron chi connectivity index (χ3n) is 2.92. The Morgan fingerprint density at radius 1 is 1.24 bits per heavy atom. The summed E-state index contributed by atoms with van der Waals surface area (Å²) in [5.74, 6) is -0.488. The first-order valence-corrected chi connectivity index (χ1v) is 7.61. The summed E-state index contributed by atoms with van der Waals surface area (Å²) in [4.78, 5) is 13.5. The topological polar surface area (TPSA) is 41.5 Å². The molecule has 0 saturated carbocycles. The van der Waals surface area contributed by atoms with Crippen molar-refractivity contribution in [2.45, 2.75) is 26.7 Å². The first-order valence-electron chi connectivity index (χ1n) is 6.79. The van der Waals surface area contributed by atoms with Gasteiger partial charge in [-0.15, -0.1) is 11.3 Å². The molecule has 1 N–H and O–H groups in total. The summed E-state index contributed by atoms with van der Waals surface area (Å²) in [5.41, 5.74) is 4.36. The smallest absolute Gasteiger partial charge is 0.266 e. The summed E-state index contributed by atoms with van der Waals surface area (Å²) < 4.78 is 12.9. The Balaban J connectivity index is 2.07. The number of halogens is 1. The van der Waals surface area contributed by atoms with E-state index in [2.05, 4.69) is 17.5 Å². The van der Waals surface area contributed by atoms with Crippen LogP contribution in [0.4, 0.5) is 4.39 Å². The number of hydrogen-bond acceptors (Lipinski definition) is 3. The Hall–Kier alpha value is -2.01. The van der Waals surface area contributed by atoms with Gasteiger partial charge in [-0.2, -0.15) is 5.10 Å². The van der Waals surface area contributed by atoms with Crippen molar-refractivity contribution >= 4 is 23.0 Å². The van der Waals surface area contributed by atoms with Crippen LogP contribution in [0, 0.1) is 5.82 Å². The highest BCUT2D eigenvalue weighted by Crippen LogP contribution is 2.28. The molecule has 1 aromatic carbocycles. The second kappa shape index (κ2) is 7.13. The van der Waals surface area contributed by atoms with Crippen molar-refractivity contribution in [2.24, 2.45) is 5.10 Å². The van der Waals surface area contributed by atoms with Crippen LogP contribution in [0.3, 0.4) is 0 Å². The van der Waals surface area contributed by atoms with Crippen LogP contribution < -0.4 is 5.43 Å². The molecule has 0 atom stereocenters. The zero-order valence-electron chi connectivity index (χ0n) is 12.0. The van der Waals surface area contributed by atoms with Crippen molar-refractivity contribution in [1.82, 2.24) is 5.43 Å². The average Bonchev–Trinajstić information content (AvgIpc) is 2.96. The minimum Gasteiger partial charge on any atom is -0.266 e. The van der Waals surface area contributed by atoms with E-state index in [0.29, 0.717) is 4.88 Å². The van der Waals surface area contributed by atoms with Crippen LogP contribution >= 0.6 is 11.3 Å². The predicted molar refractivity (Wildman–Crippen MR) is 85.2 cm³/mol. The molecule has 0 radical (unpaired) electrons. The second-order valence-electron chi connectivity index (χ2n) is 4.71. The van der Waals surface area contributed by atoms with Crippen molar-refractivity contribution in [2.75, 3.05) is 0 Å². The van der Waals surface area contributed by atoms with Crippen LogP contribution in [0.5, 0.6) is 0 Å². The van der Waals surface area contributed by atoms with Gasteiger partial charge in [0.25, 0.3) is 5.91 Å². The Morgan fingerprint density at radius 3 is 2.62 bits per heavy atom. The van der Waals surface area contributed by atoms with Crippen molar-refractivity contribution in [3.63, 3.8) is 0 Å². The van der Waals surface area contributed by atoms with E-state index < -0.39 is 0 Å². The molecule has 1 amide bonds. The highest BCUT2D eigenvalue weighted by Gasteiger charge is 2.09. The van der Waals surface area contributed by atoms with Crippen LogP contribution in [0.15, 0.2) is 41.5 Å². The fourth-order valence-corrected chi connectivity index (χ4v) is 2.75. The Kier molecular flexibility index (Phi) is 5.22. The van der Waals surface area contributed by atoms with Gasteiger partial charge in [0.2, 0.25) is 0 Å². The minimum absolute atomic E-state index is 0.219. The summed E-state index contributed by atoms with van der Waals surface area (Å²) >= 11 is 1.36. The van der Waals surface area contributed by atoms with Crippen molar-refractivity contribution in [3.05, 3.63) is 47.1 Å². The molecule has 1 heterocycles. The maximum atomic E-state index is 12.9. The van der Waals surface area contributed by atoms with Gasteiger partial charge < -0.3 is 0 Å². The average molecular weight is 304 g/mol. The van der Waals surface area contributed by atoms with Crippen molar-refractivity contribution < 1.29 is 9.18 Å². The van der Waals surface area contributed by atoms with Gasteiger partial charge in [-0.25, -0.2) is 9.82 Å². The van der Waals surface area contributed by atoms with E-state index in [1.54, 1.807) is 18.2 Å². The number of benzene rings is 1. The SMILES string of the molecule is CCC/C(C)=N\NC(=O)c1ccc(-c2ccc(F)cc2)s1. The molecule has 21 heavy (non-hydrogen) atoms. The molecule has 3 nitrogen and oxygen atoms in total. The van der Waals surface area contributed by atoms with Crippen LogP contribution in [-0.2, 0) is 0 Å². The van der Waals surface area contributed by atoms with Gasteiger partial charge in [0.05, 0.1) is 4.88 Å². The van der Waals surface area contributed by atoms with E-state index in [9.17, 15) is 9.18 Å². The van der Waals surface area contributed by atoms with Gasteiger partial charge in [-0.1, -0.05) is 25.5 Å². The molecule has 0 aliphatic carbocycles. The predicted octanol–water partition coefficient (Wildman–Crippen LogP) is 4.46. The Labute approximate surface area is 127 Å². The molecule has 0 saturated heterocycles. The lowest BCUT2D eigenvalue weighted by Gasteiger charge is -1.99. The minimum atomic E-state index is -0.269. The second-order valence-corrected chi connectivity index (χ2v) is 5.79. The summed E-state index contributed by atoms with van der Waals surface area (Å²) in [5, 5.41) is 4.06. The number of thiophene rings is 1. The molecular formula is C16H17FN2OS. The van der Waals surface area contributed by atoms with Gasteiger partial charge in [-0.3, -0.25) is 4.79 Å². The third-order valence-corrected chi connectivity index (χ3v) is 4.05. The zero-order chi connectivity index (χ0) is 15.2. The van der Waals surface area contributed by atoms with Gasteiger partial charge in [0.1, 0.15) is 5.82 Å². The number of nitrogens with one attached hydrogen (secondary N) is 1. The number of carbonyl (C=O) groups excluding carboxylic acids is 1. The molecule has 0 aliphatic heterocycles. The van der Waals surface area contributed by atoms with E-state index in [-0.39, 0.29) is 11.7 Å². The maximum Gasteiger partial charge on any atom is 0.281 e. The van der Waals surface area contributed by atoms with E-state index in [1.165, 1.54) is 23.5 Å². The fourth-order valence-electron chi connectivity index (χ4n) is 1.85. The lowest BCUT2D eigenvalue weighted by molar-refractivity contribution is 0.0958. The van der Waals surface area contributed by atoms with E-state index in [0.717, 1.165) is 29.0 Å². The largest absolute Gasteiger partial charge is 0.281 e. The number of hydrazone groups is 1. The number of hydrogen-bond donors (Lipinski definition) is 1. The molecular weight excluding hydrogens is 287 g/mol. The Morgan fingerprint density at radius 2 is 1.95 bits per heavy atom. The first kappa shape index (κ1) is 15.4. The molecule has 0 aliphatic rings. The van der Waals surface area contributed by atoms with E-state index in [4.69, 9.17) is 0 Å². The van der Waals surface area contributed by atoms with Crippen molar-refractivity contribution in [1.29, 1.82) is 0 Å². The maximum absolute atomic E-state index is 12.9. The third kappa shape index (κ3) is 4.23. The number of carbonyl (C=O) groups is 1. The molecule has 1 aromatic heterocycles. The van der Waals surface area contributed by atoms with Crippen LogP contribution in [0.25, 0.3) is 10.4 Å². The summed E-state index contributed by atoms with van der Waals surface area (Å²) in [6, 6.07) is 9.83. The number of rotatable bonds is 5. The van der Waals surface area contributed by atoms with E-state index in [1.807, 2.05) is 13.0 Å². The number of nitrogens with zero attached hydrogens (tertiary/aromatic N) is 1. The monoisotopic (exact) mass is 304 g/mol. The van der Waals surface area contributed by atoms with Gasteiger partial charge in [0, 0.05) is 10.6 Å². The van der Waals surface area contributed by atoms with Gasteiger partial charge in [0.15, 0.2) is 0 Å². The molecule has 2 aromatic rings.